The Kier molecular flexibility index (Phi) is 4.09. The zero-order chi connectivity index (χ0) is 13.0. The highest BCUT2D eigenvalue weighted by molar-refractivity contribution is 5.92. The first-order chi connectivity index (χ1) is 8.74. The summed E-state index contributed by atoms with van der Waals surface area (Å²) in [5.41, 5.74) is 0.323. The lowest BCUT2D eigenvalue weighted by Gasteiger charge is -2.19. The number of rotatable bonds is 4. The maximum absolute atomic E-state index is 12.0. The van der Waals surface area contributed by atoms with Crippen LogP contribution in [0.2, 0.25) is 0 Å². The summed E-state index contributed by atoms with van der Waals surface area (Å²) >= 11 is 0. The predicted molar refractivity (Wildman–Crippen MR) is 67.5 cm³/mol. The van der Waals surface area contributed by atoms with Crippen molar-refractivity contribution in [1.82, 2.24) is 15.3 Å². The molecule has 18 heavy (non-hydrogen) atoms. The van der Waals surface area contributed by atoms with Crippen LogP contribution in [0.15, 0.2) is 12.4 Å². The quantitative estimate of drug-likeness (QED) is 0.827. The monoisotopic (exact) mass is 250 g/mol. The van der Waals surface area contributed by atoms with E-state index >= 15 is 0 Å². The molecule has 6 nitrogen and oxygen atoms in total. The average molecular weight is 250 g/mol. The molecule has 1 aromatic rings. The summed E-state index contributed by atoms with van der Waals surface area (Å²) in [6, 6.07) is 0.0718. The van der Waals surface area contributed by atoms with Gasteiger partial charge in [0.1, 0.15) is 11.5 Å². The van der Waals surface area contributed by atoms with Crippen LogP contribution in [0.1, 0.15) is 29.8 Å². The summed E-state index contributed by atoms with van der Waals surface area (Å²) in [7, 11) is 3.42. The Morgan fingerprint density at radius 2 is 2.28 bits per heavy atom. The third kappa shape index (κ3) is 2.76. The average Bonchev–Trinajstić information content (AvgIpc) is 2.86. The van der Waals surface area contributed by atoms with Crippen molar-refractivity contribution in [2.24, 2.45) is 0 Å². The number of amides is 1. The van der Waals surface area contributed by atoms with Crippen molar-refractivity contribution >= 4 is 11.7 Å². The second-order valence-corrected chi connectivity index (χ2v) is 4.32. The van der Waals surface area contributed by atoms with Crippen molar-refractivity contribution in [3.8, 4) is 0 Å². The van der Waals surface area contributed by atoms with Crippen LogP contribution in [0, 0.1) is 0 Å². The van der Waals surface area contributed by atoms with Crippen molar-refractivity contribution in [2.45, 2.75) is 31.4 Å². The van der Waals surface area contributed by atoms with E-state index < -0.39 is 0 Å². The lowest BCUT2D eigenvalue weighted by atomic mass is 10.2. The Bertz CT molecular complexity index is 424. The molecular weight excluding hydrogens is 232 g/mol. The molecule has 0 saturated heterocycles. The van der Waals surface area contributed by atoms with E-state index in [0.717, 1.165) is 19.3 Å². The molecule has 2 N–H and O–H groups in total. The van der Waals surface area contributed by atoms with Gasteiger partial charge in [0, 0.05) is 14.2 Å². The molecule has 6 heteroatoms. The summed E-state index contributed by atoms with van der Waals surface area (Å²) in [5.74, 6) is 0.380. The van der Waals surface area contributed by atoms with Crippen molar-refractivity contribution in [3.63, 3.8) is 0 Å². The van der Waals surface area contributed by atoms with Crippen LogP contribution in [-0.2, 0) is 4.74 Å². The number of ether oxygens (including phenoxy) is 1. The molecule has 2 atom stereocenters. The van der Waals surface area contributed by atoms with E-state index in [1.807, 2.05) is 0 Å². The van der Waals surface area contributed by atoms with Gasteiger partial charge in [0.15, 0.2) is 0 Å². The zero-order valence-corrected chi connectivity index (χ0v) is 10.6. The summed E-state index contributed by atoms with van der Waals surface area (Å²) in [5, 5.41) is 5.81. The van der Waals surface area contributed by atoms with E-state index in [0.29, 0.717) is 11.5 Å². The normalized spacial score (nSPS) is 22.8. The summed E-state index contributed by atoms with van der Waals surface area (Å²) < 4.78 is 5.34. The Balaban J connectivity index is 2.02. The van der Waals surface area contributed by atoms with Gasteiger partial charge in [0.25, 0.3) is 5.91 Å². The van der Waals surface area contributed by atoms with Gasteiger partial charge >= 0.3 is 0 Å². The molecular formula is C12H18N4O2. The summed E-state index contributed by atoms with van der Waals surface area (Å²) in [6.07, 6.45) is 6.16. The van der Waals surface area contributed by atoms with Crippen LogP contribution >= 0.6 is 0 Å². The Morgan fingerprint density at radius 3 is 3.00 bits per heavy atom. The highest BCUT2D eigenvalue weighted by Gasteiger charge is 2.28. The maximum atomic E-state index is 12.0. The van der Waals surface area contributed by atoms with Crippen LogP contribution in [0.4, 0.5) is 5.82 Å². The number of carbonyl (C=O) groups is 1. The zero-order valence-electron chi connectivity index (χ0n) is 10.6. The molecule has 1 aromatic heterocycles. The fourth-order valence-electron chi connectivity index (χ4n) is 2.21. The SMILES string of the molecule is CNc1cncc(C(=O)NC2CCCC2OC)n1. The molecule has 0 spiro atoms. The van der Waals surface area contributed by atoms with E-state index in [4.69, 9.17) is 4.74 Å². The van der Waals surface area contributed by atoms with Gasteiger partial charge in [-0.15, -0.1) is 0 Å². The van der Waals surface area contributed by atoms with Gasteiger partial charge in [-0.05, 0) is 19.3 Å². The van der Waals surface area contributed by atoms with Crippen molar-refractivity contribution in [3.05, 3.63) is 18.1 Å². The second kappa shape index (κ2) is 5.77. The third-order valence-corrected chi connectivity index (χ3v) is 3.20. The number of nitrogens with one attached hydrogen (secondary N) is 2. The van der Waals surface area contributed by atoms with Gasteiger partial charge in [0.2, 0.25) is 0 Å². The largest absolute Gasteiger partial charge is 0.379 e. The Hall–Kier alpha value is -1.69. The number of carbonyl (C=O) groups excluding carboxylic acids is 1. The third-order valence-electron chi connectivity index (χ3n) is 3.20. The fraction of sp³-hybridized carbons (Fsp3) is 0.583. The first kappa shape index (κ1) is 12.8. The van der Waals surface area contributed by atoms with Gasteiger partial charge in [-0.25, -0.2) is 4.98 Å². The van der Waals surface area contributed by atoms with Crippen molar-refractivity contribution < 1.29 is 9.53 Å². The number of hydrogen-bond donors (Lipinski definition) is 2. The number of nitrogens with zero attached hydrogens (tertiary/aromatic N) is 2. The molecule has 0 radical (unpaired) electrons. The van der Waals surface area contributed by atoms with Crippen LogP contribution in [0.3, 0.4) is 0 Å². The van der Waals surface area contributed by atoms with Crippen molar-refractivity contribution in [1.29, 1.82) is 0 Å². The van der Waals surface area contributed by atoms with Gasteiger partial charge in [-0.1, -0.05) is 0 Å². The molecule has 1 amide bonds. The number of hydrogen-bond acceptors (Lipinski definition) is 5. The second-order valence-electron chi connectivity index (χ2n) is 4.32. The minimum Gasteiger partial charge on any atom is -0.379 e. The summed E-state index contributed by atoms with van der Waals surface area (Å²) in [4.78, 5) is 20.2. The van der Waals surface area contributed by atoms with Crippen LogP contribution in [-0.4, -0.2) is 42.2 Å². The smallest absolute Gasteiger partial charge is 0.271 e. The molecule has 0 bridgehead atoms. The number of aromatic nitrogens is 2. The van der Waals surface area contributed by atoms with E-state index in [-0.39, 0.29) is 18.1 Å². The minimum absolute atomic E-state index is 0.0718. The fourth-order valence-corrected chi connectivity index (χ4v) is 2.21. The maximum Gasteiger partial charge on any atom is 0.271 e. The molecule has 1 fully saturated rings. The predicted octanol–water partition coefficient (Wildman–Crippen LogP) is 0.816. The molecule has 98 valence electrons. The van der Waals surface area contributed by atoms with Crippen molar-refractivity contribution in [2.75, 3.05) is 19.5 Å². The lowest BCUT2D eigenvalue weighted by Crippen LogP contribution is -2.41. The number of methoxy groups -OCH3 is 1. The molecule has 2 unspecified atom stereocenters. The lowest BCUT2D eigenvalue weighted by molar-refractivity contribution is 0.0719. The van der Waals surface area contributed by atoms with E-state index in [2.05, 4.69) is 20.6 Å². The first-order valence-corrected chi connectivity index (χ1v) is 6.08. The molecule has 1 heterocycles. The highest BCUT2D eigenvalue weighted by Crippen LogP contribution is 2.21. The van der Waals surface area contributed by atoms with E-state index in [1.54, 1.807) is 20.4 Å². The molecule has 0 aromatic carbocycles. The Labute approximate surface area is 106 Å². The molecule has 1 aliphatic carbocycles. The van der Waals surface area contributed by atoms with E-state index in [1.165, 1.54) is 6.20 Å². The van der Waals surface area contributed by atoms with Gasteiger partial charge in [-0.2, -0.15) is 0 Å². The first-order valence-electron chi connectivity index (χ1n) is 6.08. The Morgan fingerprint density at radius 1 is 1.44 bits per heavy atom. The molecule has 1 saturated carbocycles. The van der Waals surface area contributed by atoms with Gasteiger partial charge < -0.3 is 15.4 Å². The van der Waals surface area contributed by atoms with Gasteiger partial charge in [-0.3, -0.25) is 9.78 Å². The molecule has 1 aliphatic rings. The van der Waals surface area contributed by atoms with Crippen LogP contribution in [0.5, 0.6) is 0 Å². The van der Waals surface area contributed by atoms with Gasteiger partial charge in [0.05, 0.1) is 24.5 Å². The van der Waals surface area contributed by atoms with E-state index in [9.17, 15) is 4.79 Å². The molecule has 0 aliphatic heterocycles. The molecule has 2 rings (SSSR count). The van der Waals surface area contributed by atoms with Crippen LogP contribution < -0.4 is 10.6 Å². The standard InChI is InChI=1S/C12H18N4O2/c1-13-11-7-14-6-9(15-11)12(17)16-8-4-3-5-10(8)18-2/h6-8,10H,3-5H2,1-2H3,(H,13,15)(H,16,17). The topological polar surface area (TPSA) is 76.1 Å². The minimum atomic E-state index is -0.200. The summed E-state index contributed by atoms with van der Waals surface area (Å²) in [6.45, 7) is 0. The van der Waals surface area contributed by atoms with Crippen LogP contribution in [0.25, 0.3) is 0 Å². The number of anilines is 1. The highest BCUT2D eigenvalue weighted by atomic mass is 16.5.